The smallest absolute Gasteiger partial charge is 0.300 e. The Morgan fingerprint density at radius 2 is 1.70 bits per heavy atom. The molecular weight excluding hydrogens is 396 g/mol. The molecule has 1 aromatic carbocycles. The van der Waals surface area contributed by atoms with E-state index < -0.39 is 10.2 Å². The van der Waals surface area contributed by atoms with Crippen molar-refractivity contribution in [2.45, 2.75) is 71.0 Å². The number of anilines is 1. The Morgan fingerprint density at radius 1 is 1.03 bits per heavy atom. The molecule has 0 bridgehead atoms. The maximum Gasteiger partial charge on any atom is 0.305 e. The quantitative estimate of drug-likeness (QED) is 0.682. The van der Waals surface area contributed by atoms with E-state index in [4.69, 9.17) is 5.26 Å². The Bertz CT molecular complexity index is 879. The van der Waals surface area contributed by atoms with Crippen LogP contribution < -0.4 is 4.31 Å². The van der Waals surface area contributed by atoms with Crippen molar-refractivity contribution < 1.29 is 8.42 Å². The van der Waals surface area contributed by atoms with E-state index in [2.05, 4.69) is 18.7 Å². The number of nitriles is 1. The lowest BCUT2D eigenvalue weighted by molar-refractivity contribution is 0.0991. The number of likely N-dealkylation sites (tertiary alicyclic amines) is 1. The van der Waals surface area contributed by atoms with E-state index in [9.17, 15) is 8.42 Å². The molecule has 0 unspecified atom stereocenters. The fourth-order valence-electron chi connectivity index (χ4n) is 5.60. The van der Waals surface area contributed by atoms with Crippen LogP contribution >= 0.6 is 0 Å². The maximum absolute atomic E-state index is 13.3. The number of rotatable bonds is 4. The zero-order chi connectivity index (χ0) is 21.3. The number of para-hydroxylation sites is 1. The van der Waals surface area contributed by atoms with E-state index >= 15 is 0 Å². The Balaban J connectivity index is 1.47. The van der Waals surface area contributed by atoms with Crippen molar-refractivity contribution in [1.82, 2.24) is 9.21 Å². The molecule has 0 atom stereocenters. The predicted molar refractivity (Wildman–Crippen MR) is 119 cm³/mol. The molecule has 3 aliphatic rings. The van der Waals surface area contributed by atoms with Crippen LogP contribution in [0.4, 0.5) is 5.69 Å². The highest BCUT2D eigenvalue weighted by Crippen LogP contribution is 2.38. The van der Waals surface area contributed by atoms with Gasteiger partial charge < -0.3 is 4.90 Å². The highest BCUT2D eigenvalue weighted by molar-refractivity contribution is 7.90. The van der Waals surface area contributed by atoms with E-state index in [-0.39, 0.29) is 19.1 Å². The van der Waals surface area contributed by atoms with Crippen LogP contribution in [0.5, 0.6) is 0 Å². The van der Waals surface area contributed by atoms with Crippen molar-refractivity contribution in [2.75, 3.05) is 23.9 Å². The van der Waals surface area contributed by atoms with Crippen LogP contribution in [0, 0.1) is 23.2 Å². The molecule has 0 N–H and O–H groups in total. The summed E-state index contributed by atoms with van der Waals surface area (Å²) in [5.41, 5.74) is 1.78. The molecule has 2 heterocycles. The first kappa shape index (κ1) is 21.6. The van der Waals surface area contributed by atoms with Gasteiger partial charge in [-0.1, -0.05) is 32.0 Å². The van der Waals surface area contributed by atoms with E-state index in [1.54, 1.807) is 4.31 Å². The summed E-state index contributed by atoms with van der Waals surface area (Å²) < 4.78 is 29.6. The molecule has 4 rings (SSSR count). The van der Waals surface area contributed by atoms with Gasteiger partial charge in [-0.05, 0) is 62.0 Å². The summed E-state index contributed by atoms with van der Waals surface area (Å²) in [6.07, 6.45) is 6.87. The monoisotopic (exact) mass is 430 g/mol. The van der Waals surface area contributed by atoms with Crippen molar-refractivity contribution in [3.63, 3.8) is 0 Å². The van der Waals surface area contributed by atoms with Crippen LogP contribution in [0.3, 0.4) is 0 Å². The number of hydrogen-bond donors (Lipinski definition) is 0. The van der Waals surface area contributed by atoms with Gasteiger partial charge in [0.05, 0.1) is 11.8 Å². The Hall–Kier alpha value is -1.62. The van der Waals surface area contributed by atoms with Gasteiger partial charge in [-0.15, -0.1) is 0 Å². The number of piperidine rings is 1. The second-order valence-electron chi connectivity index (χ2n) is 9.44. The summed E-state index contributed by atoms with van der Waals surface area (Å²) in [6.45, 7) is 6.75. The zero-order valence-corrected chi connectivity index (χ0v) is 19.0. The number of hydrogen-bond acceptors (Lipinski definition) is 4. The number of benzene rings is 1. The SMILES string of the molecule is CC(C)C1CCC(N2CCC(N3c4ccccc4CN(CC#N)S3(=O)=O)CC2)CC1. The number of nitrogens with zero attached hydrogens (tertiary/aromatic N) is 4. The highest BCUT2D eigenvalue weighted by atomic mass is 32.2. The molecule has 0 spiro atoms. The lowest BCUT2D eigenvalue weighted by Gasteiger charge is -2.46. The minimum Gasteiger partial charge on any atom is -0.300 e. The number of fused-ring (bicyclic) bond motifs is 1. The van der Waals surface area contributed by atoms with Crippen LogP contribution in [0.25, 0.3) is 0 Å². The third-order valence-electron chi connectivity index (χ3n) is 7.43. The summed E-state index contributed by atoms with van der Waals surface area (Å²) in [5, 5.41) is 9.15. The highest BCUT2D eigenvalue weighted by Gasteiger charge is 2.42. The van der Waals surface area contributed by atoms with E-state index in [0.717, 1.165) is 49.0 Å². The van der Waals surface area contributed by atoms with Gasteiger partial charge in [-0.2, -0.15) is 18.0 Å². The van der Waals surface area contributed by atoms with Crippen molar-refractivity contribution in [2.24, 2.45) is 11.8 Å². The second kappa shape index (κ2) is 8.86. The van der Waals surface area contributed by atoms with Crippen LogP contribution in [-0.2, 0) is 16.8 Å². The lowest BCUT2D eigenvalue weighted by Crippen LogP contribution is -2.56. The van der Waals surface area contributed by atoms with Crippen molar-refractivity contribution in [1.29, 1.82) is 5.26 Å². The molecule has 6 nitrogen and oxygen atoms in total. The molecule has 0 amide bonds. The molecule has 2 aliphatic heterocycles. The van der Waals surface area contributed by atoms with Gasteiger partial charge in [0.25, 0.3) is 0 Å². The topological polar surface area (TPSA) is 67.7 Å². The molecule has 0 radical (unpaired) electrons. The van der Waals surface area contributed by atoms with Crippen LogP contribution in [0.2, 0.25) is 0 Å². The Labute approximate surface area is 181 Å². The van der Waals surface area contributed by atoms with Crippen LogP contribution in [0.15, 0.2) is 24.3 Å². The van der Waals surface area contributed by atoms with Crippen molar-refractivity contribution in [3.8, 4) is 6.07 Å². The second-order valence-corrected chi connectivity index (χ2v) is 11.2. The predicted octanol–water partition coefficient (Wildman–Crippen LogP) is 3.76. The van der Waals surface area contributed by atoms with E-state index in [1.165, 1.54) is 30.0 Å². The van der Waals surface area contributed by atoms with Gasteiger partial charge in [0, 0.05) is 31.7 Å². The summed E-state index contributed by atoms with van der Waals surface area (Å²) in [4.78, 5) is 2.60. The minimum absolute atomic E-state index is 0.0408. The molecular formula is C23H34N4O2S. The first-order valence-electron chi connectivity index (χ1n) is 11.4. The Kier molecular flexibility index (Phi) is 6.38. The molecule has 1 saturated carbocycles. The summed E-state index contributed by atoms with van der Waals surface area (Å²) in [6, 6.07) is 10.4. The molecule has 30 heavy (non-hydrogen) atoms. The summed E-state index contributed by atoms with van der Waals surface area (Å²) >= 11 is 0. The third-order valence-corrected chi connectivity index (χ3v) is 9.33. The first-order valence-corrected chi connectivity index (χ1v) is 12.8. The summed E-state index contributed by atoms with van der Waals surface area (Å²) in [7, 11) is -3.67. The lowest BCUT2D eigenvalue weighted by atomic mass is 9.79. The van der Waals surface area contributed by atoms with Gasteiger partial charge in [-0.25, -0.2) is 0 Å². The zero-order valence-electron chi connectivity index (χ0n) is 18.2. The fourth-order valence-corrected chi connectivity index (χ4v) is 7.39. The Morgan fingerprint density at radius 3 is 2.33 bits per heavy atom. The standard InChI is InChI=1S/C23H34N4O2S/c1-18(2)19-7-9-21(10-8-19)25-14-11-22(12-15-25)27-23-6-4-3-5-20(23)17-26(16-13-24)30(27,28)29/h3-6,18-19,21-22H,7-12,14-17H2,1-2H3. The van der Waals surface area contributed by atoms with Crippen molar-refractivity contribution >= 4 is 15.9 Å². The molecule has 2 fully saturated rings. The van der Waals surface area contributed by atoms with Crippen LogP contribution in [0.1, 0.15) is 57.9 Å². The van der Waals surface area contributed by atoms with E-state index in [1.807, 2.05) is 30.3 Å². The third kappa shape index (κ3) is 4.10. The van der Waals surface area contributed by atoms with Gasteiger partial charge >= 0.3 is 10.2 Å². The van der Waals surface area contributed by atoms with Gasteiger partial charge in [0.2, 0.25) is 0 Å². The molecule has 1 aliphatic carbocycles. The van der Waals surface area contributed by atoms with Gasteiger partial charge in [-0.3, -0.25) is 4.31 Å². The van der Waals surface area contributed by atoms with E-state index in [0.29, 0.717) is 6.04 Å². The molecule has 0 aromatic heterocycles. The van der Waals surface area contributed by atoms with Gasteiger partial charge in [0.1, 0.15) is 6.54 Å². The average molecular weight is 431 g/mol. The largest absolute Gasteiger partial charge is 0.305 e. The van der Waals surface area contributed by atoms with Crippen molar-refractivity contribution in [3.05, 3.63) is 29.8 Å². The molecule has 1 aromatic rings. The van der Waals surface area contributed by atoms with Crippen LogP contribution in [-0.4, -0.2) is 49.3 Å². The normalized spacial score (nSPS) is 28.3. The molecule has 7 heteroatoms. The average Bonchev–Trinajstić information content (AvgIpc) is 2.74. The first-order chi connectivity index (χ1) is 14.4. The molecule has 1 saturated heterocycles. The maximum atomic E-state index is 13.3. The molecule has 164 valence electrons. The summed E-state index contributed by atoms with van der Waals surface area (Å²) in [5.74, 6) is 1.64. The minimum atomic E-state index is -3.67. The fraction of sp³-hybridized carbons (Fsp3) is 0.696. The van der Waals surface area contributed by atoms with Gasteiger partial charge in [0.15, 0.2) is 0 Å².